The minimum Gasteiger partial charge on any atom is -0.496 e. The van der Waals surface area contributed by atoms with E-state index in [2.05, 4.69) is 5.32 Å². The summed E-state index contributed by atoms with van der Waals surface area (Å²) in [4.78, 5) is 24.8. The number of amides is 1. The lowest BCUT2D eigenvalue weighted by Crippen LogP contribution is -2.34. The molecular formula is C22H29NO7. The molecule has 0 unspecified atom stereocenters. The Bertz CT molecular complexity index is 1010. The highest BCUT2D eigenvalue weighted by atomic mass is 16.5. The van der Waals surface area contributed by atoms with Crippen LogP contribution in [0.5, 0.6) is 11.5 Å². The predicted molar refractivity (Wildman–Crippen MR) is 111 cm³/mol. The smallest absolute Gasteiger partial charge is 0.339 e. The van der Waals surface area contributed by atoms with Gasteiger partial charge in [-0.15, -0.1) is 0 Å². The third-order valence-corrected chi connectivity index (χ3v) is 5.51. The highest BCUT2D eigenvalue weighted by Gasteiger charge is 2.31. The van der Waals surface area contributed by atoms with Gasteiger partial charge in [0.05, 0.1) is 25.2 Å². The predicted octanol–water partition coefficient (Wildman–Crippen LogP) is 1.62. The van der Waals surface area contributed by atoms with Crippen molar-refractivity contribution >= 4 is 16.9 Å². The van der Waals surface area contributed by atoms with Crippen molar-refractivity contribution in [3.8, 4) is 11.5 Å². The number of methoxy groups -OCH3 is 1. The second-order valence-corrected chi connectivity index (χ2v) is 8.25. The first-order chi connectivity index (χ1) is 14.2. The number of benzene rings is 1. The number of hydrogen-bond donors (Lipinski definition) is 3. The Hall–Kier alpha value is -2.58. The number of hydrogen-bond acceptors (Lipinski definition) is 7. The van der Waals surface area contributed by atoms with E-state index in [0.29, 0.717) is 33.6 Å². The molecule has 164 valence electrons. The van der Waals surface area contributed by atoms with Crippen LogP contribution in [0.15, 0.2) is 15.3 Å². The monoisotopic (exact) mass is 419 g/mol. The van der Waals surface area contributed by atoms with Crippen LogP contribution in [0, 0.1) is 6.92 Å². The molecule has 0 spiro atoms. The van der Waals surface area contributed by atoms with Crippen LogP contribution in [-0.4, -0.2) is 48.1 Å². The number of aliphatic hydroxyl groups is 2. The van der Waals surface area contributed by atoms with E-state index in [4.69, 9.17) is 19.0 Å². The molecule has 3 rings (SSSR count). The van der Waals surface area contributed by atoms with E-state index >= 15 is 0 Å². The SMILES string of the molecule is COc1cc2c(c3oc(=O)c(CCC(=O)NC[C@H](O)CO)c(C)c13)CCC(C)(C)O2. The minimum absolute atomic E-state index is 0.0447. The molecule has 0 bridgehead atoms. The van der Waals surface area contributed by atoms with Crippen molar-refractivity contribution in [3.05, 3.63) is 33.2 Å². The van der Waals surface area contributed by atoms with Gasteiger partial charge in [-0.25, -0.2) is 4.79 Å². The van der Waals surface area contributed by atoms with Crippen molar-refractivity contribution in [3.63, 3.8) is 0 Å². The van der Waals surface area contributed by atoms with E-state index in [0.717, 1.165) is 18.4 Å². The number of ether oxygens (including phenoxy) is 2. The molecular weight excluding hydrogens is 390 g/mol. The largest absolute Gasteiger partial charge is 0.496 e. The van der Waals surface area contributed by atoms with Crippen molar-refractivity contribution in [2.75, 3.05) is 20.3 Å². The Balaban J connectivity index is 1.95. The summed E-state index contributed by atoms with van der Waals surface area (Å²) in [5.74, 6) is 0.890. The van der Waals surface area contributed by atoms with Crippen LogP contribution in [0.25, 0.3) is 11.0 Å². The van der Waals surface area contributed by atoms with Gasteiger partial charge in [-0.1, -0.05) is 0 Å². The fourth-order valence-corrected chi connectivity index (χ4v) is 3.76. The fourth-order valence-electron chi connectivity index (χ4n) is 3.76. The molecule has 1 aliphatic heterocycles. The van der Waals surface area contributed by atoms with Crippen LogP contribution < -0.4 is 20.4 Å². The summed E-state index contributed by atoms with van der Waals surface area (Å²) in [5.41, 5.74) is 1.67. The Morgan fingerprint density at radius 3 is 2.80 bits per heavy atom. The quantitative estimate of drug-likeness (QED) is 0.584. The summed E-state index contributed by atoms with van der Waals surface area (Å²) in [7, 11) is 1.55. The van der Waals surface area contributed by atoms with E-state index in [1.54, 1.807) is 7.11 Å². The maximum atomic E-state index is 12.7. The van der Waals surface area contributed by atoms with Gasteiger partial charge in [-0.3, -0.25) is 4.79 Å². The Kier molecular flexibility index (Phi) is 6.38. The van der Waals surface area contributed by atoms with Gasteiger partial charge < -0.3 is 29.4 Å². The lowest BCUT2D eigenvalue weighted by molar-refractivity contribution is -0.121. The molecule has 1 aliphatic rings. The van der Waals surface area contributed by atoms with Crippen molar-refractivity contribution in [2.45, 2.75) is 58.2 Å². The first-order valence-corrected chi connectivity index (χ1v) is 10.1. The molecule has 1 atom stereocenters. The van der Waals surface area contributed by atoms with Crippen molar-refractivity contribution < 1.29 is 28.9 Å². The van der Waals surface area contributed by atoms with Gasteiger partial charge in [-0.2, -0.15) is 0 Å². The summed E-state index contributed by atoms with van der Waals surface area (Å²) in [6.45, 7) is 5.38. The lowest BCUT2D eigenvalue weighted by atomic mass is 9.91. The minimum atomic E-state index is -1.01. The third kappa shape index (κ3) is 4.44. The fraction of sp³-hybridized carbons (Fsp3) is 0.545. The van der Waals surface area contributed by atoms with Gasteiger partial charge in [0, 0.05) is 30.2 Å². The summed E-state index contributed by atoms with van der Waals surface area (Å²) in [5, 5.41) is 21.4. The number of aliphatic hydroxyl groups excluding tert-OH is 2. The molecule has 0 saturated carbocycles. The summed E-state index contributed by atoms with van der Waals surface area (Å²) in [6.07, 6.45) is 0.754. The zero-order valence-corrected chi connectivity index (χ0v) is 17.8. The molecule has 2 aromatic rings. The molecule has 30 heavy (non-hydrogen) atoms. The first-order valence-electron chi connectivity index (χ1n) is 10.1. The molecule has 1 amide bonds. The van der Waals surface area contributed by atoms with E-state index < -0.39 is 18.3 Å². The van der Waals surface area contributed by atoms with E-state index in [9.17, 15) is 14.7 Å². The maximum Gasteiger partial charge on any atom is 0.339 e. The Labute approximate surface area is 174 Å². The second-order valence-electron chi connectivity index (χ2n) is 8.25. The molecule has 0 aliphatic carbocycles. The summed E-state index contributed by atoms with van der Waals surface area (Å²) < 4.78 is 17.4. The molecule has 8 heteroatoms. The van der Waals surface area contributed by atoms with E-state index in [-0.39, 0.29) is 30.9 Å². The van der Waals surface area contributed by atoms with Gasteiger partial charge >= 0.3 is 5.63 Å². The molecule has 3 N–H and O–H groups in total. The topological polar surface area (TPSA) is 118 Å². The molecule has 2 heterocycles. The number of aryl methyl sites for hydroxylation is 2. The average molecular weight is 419 g/mol. The van der Waals surface area contributed by atoms with Gasteiger partial charge in [-0.05, 0) is 45.6 Å². The average Bonchev–Trinajstić information content (AvgIpc) is 2.69. The molecule has 0 radical (unpaired) electrons. The van der Waals surface area contributed by atoms with Crippen molar-refractivity contribution in [1.29, 1.82) is 0 Å². The van der Waals surface area contributed by atoms with Crippen LogP contribution in [0.3, 0.4) is 0 Å². The Morgan fingerprint density at radius 1 is 1.40 bits per heavy atom. The van der Waals surface area contributed by atoms with Crippen LogP contribution in [0.1, 0.15) is 43.4 Å². The van der Waals surface area contributed by atoms with Gasteiger partial charge in [0.25, 0.3) is 0 Å². The van der Waals surface area contributed by atoms with Crippen LogP contribution in [-0.2, 0) is 17.6 Å². The number of carbonyl (C=O) groups is 1. The molecule has 0 saturated heterocycles. The standard InChI is InChI=1S/C22H29NO7/c1-12-14(5-6-18(26)23-10-13(25)11-24)21(27)29-20-15-7-8-22(2,3)30-16(15)9-17(28-4)19(12)20/h9,13,24-25H,5-8,10-11H2,1-4H3,(H,23,26)/t13-/m0/s1. The second kappa shape index (κ2) is 8.65. The Morgan fingerprint density at radius 2 is 2.13 bits per heavy atom. The van der Waals surface area contributed by atoms with Crippen molar-refractivity contribution in [2.24, 2.45) is 0 Å². The van der Waals surface area contributed by atoms with Crippen LogP contribution >= 0.6 is 0 Å². The summed E-state index contributed by atoms with van der Waals surface area (Å²) >= 11 is 0. The number of rotatable bonds is 7. The number of nitrogens with one attached hydrogen (secondary N) is 1. The lowest BCUT2D eigenvalue weighted by Gasteiger charge is -2.33. The van der Waals surface area contributed by atoms with Gasteiger partial charge in [0.2, 0.25) is 5.91 Å². The number of carbonyl (C=O) groups excluding carboxylic acids is 1. The zero-order chi connectivity index (χ0) is 22.1. The zero-order valence-electron chi connectivity index (χ0n) is 17.8. The normalized spacial score (nSPS) is 15.9. The maximum absolute atomic E-state index is 12.7. The van der Waals surface area contributed by atoms with E-state index in [1.807, 2.05) is 26.8 Å². The molecule has 0 fully saturated rings. The van der Waals surface area contributed by atoms with Crippen LogP contribution in [0.4, 0.5) is 0 Å². The highest BCUT2D eigenvalue weighted by Crippen LogP contribution is 2.43. The third-order valence-electron chi connectivity index (χ3n) is 5.51. The number of fused-ring (bicyclic) bond motifs is 3. The molecule has 8 nitrogen and oxygen atoms in total. The highest BCUT2D eigenvalue weighted by molar-refractivity contribution is 5.92. The van der Waals surface area contributed by atoms with Gasteiger partial charge in [0.15, 0.2) is 0 Å². The summed E-state index contributed by atoms with van der Waals surface area (Å²) in [6, 6.07) is 1.83. The molecule has 1 aromatic heterocycles. The van der Waals surface area contributed by atoms with Crippen molar-refractivity contribution in [1.82, 2.24) is 5.32 Å². The van der Waals surface area contributed by atoms with Crippen LogP contribution in [0.2, 0.25) is 0 Å². The van der Waals surface area contributed by atoms with Gasteiger partial charge in [0.1, 0.15) is 22.7 Å². The molecule has 1 aromatic carbocycles. The van der Waals surface area contributed by atoms with E-state index in [1.165, 1.54) is 0 Å². The first kappa shape index (κ1) is 22.1.